The Kier molecular flexibility index (Phi) is 4.60. The van der Waals surface area contributed by atoms with E-state index in [9.17, 15) is 40.7 Å². The van der Waals surface area contributed by atoms with Gasteiger partial charge in [-0.3, -0.25) is 10.1 Å². The van der Waals surface area contributed by atoms with Crippen molar-refractivity contribution < 1.29 is 50.3 Å². The van der Waals surface area contributed by atoms with E-state index in [0.717, 1.165) is 0 Å². The summed E-state index contributed by atoms with van der Waals surface area (Å²) in [6.45, 7) is -0.301. The van der Waals surface area contributed by atoms with Gasteiger partial charge in [-0.25, -0.2) is 9.59 Å². The second-order valence-corrected chi connectivity index (χ2v) is 4.13. The highest BCUT2D eigenvalue weighted by molar-refractivity contribution is 5.89. The first-order chi connectivity index (χ1) is 9.77. The van der Waals surface area contributed by atoms with E-state index in [-0.39, 0.29) is 5.06 Å². The number of nitrogens with zero attached hydrogens (tertiary/aromatic N) is 1. The van der Waals surface area contributed by atoms with Crippen molar-refractivity contribution in [3.63, 3.8) is 0 Å². The van der Waals surface area contributed by atoms with E-state index in [4.69, 9.17) is 0 Å². The van der Waals surface area contributed by atoms with E-state index in [1.165, 1.54) is 0 Å². The van der Waals surface area contributed by atoms with Crippen LogP contribution in [0, 0.1) is 0 Å². The lowest BCUT2D eigenvalue weighted by molar-refractivity contribution is -0.252. The Morgan fingerprint density at radius 1 is 1.14 bits per heavy atom. The fourth-order valence-electron chi connectivity index (χ4n) is 1.37. The summed E-state index contributed by atoms with van der Waals surface area (Å²) in [4.78, 5) is 36.8. The first-order valence-electron chi connectivity index (χ1n) is 5.43. The number of piperazine rings is 1. The first-order valence-corrected chi connectivity index (χ1v) is 5.43. The second-order valence-electron chi connectivity index (χ2n) is 4.13. The third kappa shape index (κ3) is 3.99. The molecule has 7 nitrogen and oxygen atoms in total. The molecular formula is C9H8F6N2O5. The second kappa shape index (κ2) is 5.62. The lowest BCUT2D eigenvalue weighted by Gasteiger charge is -2.37. The minimum atomic E-state index is -5.42. The summed E-state index contributed by atoms with van der Waals surface area (Å²) < 4.78 is 76.3. The van der Waals surface area contributed by atoms with Crippen molar-refractivity contribution in [2.45, 2.75) is 25.0 Å². The Bertz CT molecular complexity index is 490. The molecule has 13 heteroatoms. The standard InChI is InChI=1S/C9H8F6N2O5/c1-7(21-5(19)8(10,11)12)4(18)17(3-2-16-7)22-6(20)9(13,14)15/h16H,2-3H2,1H3/t7-/m0/s1. The monoisotopic (exact) mass is 338 g/mol. The number of hydroxylamine groups is 2. The van der Waals surface area contributed by atoms with Gasteiger partial charge in [-0.2, -0.15) is 31.4 Å². The molecule has 22 heavy (non-hydrogen) atoms. The van der Waals surface area contributed by atoms with Gasteiger partial charge in [-0.15, -0.1) is 0 Å². The lowest BCUT2D eigenvalue weighted by atomic mass is 10.2. The molecule has 1 rings (SSSR count). The van der Waals surface area contributed by atoms with E-state index in [2.05, 4.69) is 14.9 Å². The van der Waals surface area contributed by atoms with Gasteiger partial charge in [-0.05, 0) is 6.92 Å². The Morgan fingerprint density at radius 3 is 2.09 bits per heavy atom. The fraction of sp³-hybridized carbons (Fsp3) is 0.667. The molecule has 1 N–H and O–H groups in total. The van der Waals surface area contributed by atoms with Crippen LogP contribution >= 0.6 is 0 Å². The molecule has 0 spiro atoms. The van der Waals surface area contributed by atoms with Gasteiger partial charge in [0.15, 0.2) is 0 Å². The molecule has 1 aliphatic rings. The lowest BCUT2D eigenvalue weighted by Crippen LogP contribution is -2.65. The number of amides is 1. The van der Waals surface area contributed by atoms with Gasteiger partial charge < -0.3 is 9.57 Å². The molecule has 1 saturated heterocycles. The molecule has 0 saturated carbocycles. The molecule has 0 unspecified atom stereocenters. The number of rotatable bonds is 2. The van der Waals surface area contributed by atoms with Crippen molar-refractivity contribution >= 4 is 17.8 Å². The van der Waals surface area contributed by atoms with Crippen molar-refractivity contribution in [2.24, 2.45) is 0 Å². The number of esters is 1. The third-order valence-electron chi connectivity index (χ3n) is 2.36. The SMILES string of the molecule is C[C@@]1(OC(=O)C(F)(F)F)NCCN(OC(=O)C(F)(F)F)C1=O. The van der Waals surface area contributed by atoms with Crippen LogP contribution < -0.4 is 5.32 Å². The normalized spacial score (nSPS) is 23.2. The van der Waals surface area contributed by atoms with Gasteiger partial charge in [-0.1, -0.05) is 0 Å². The fourth-order valence-corrected chi connectivity index (χ4v) is 1.37. The highest BCUT2D eigenvalue weighted by Crippen LogP contribution is 2.24. The largest absolute Gasteiger partial charge is 0.493 e. The van der Waals surface area contributed by atoms with Crippen LogP contribution in [0.25, 0.3) is 0 Å². The maximum atomic E-state index is 12.1. The Balaban J connectivity index is 2.85. The summed E-state index contributed by atoms with van der Waals surface area (Å²) in [5.41, 5.74) is -2.63. The molecule has 0 aromatic carbocycles. The summed E-state index contributed by atoms with van der Waals surface area (Å²) >= 11 is 0. The highest BCUT2D eigenvalue weighted by atomic mass is 19.4. The van der Waals surface area contributed by atoms with Crippen LogP contribution in [0.5, 0.6) is 0 Å². The summed E-state index contributed by atoms with van der Waals surface area (Å²) in [5.74, 6) is -7.08. The Morgan fingerprint density at radius 2 is 1.64 bits per heavy atom. The number of halogens is 6. The zero-order valence-corrected chi connectivity index (χ0v) is 10.7. The first kappa shape index (κ1) is 18.0. The van der Waals surface area contributed by atoms with Crippen LogP contribution in [-0.2, 0) is 24.0 Å². The van der Waals surface area contributed by atoms with Crippen molar-refractivity contribution in [1.29, 1.82) is 0 Å². The van der Waals surface area contributed by atoms with E-state index < -0.39 is 49.0 Å². The molecule has 1 aliphatic heterocycles. The molecule has 1 fully saturated rings. The molecule has 0 aliphatic carbocycles. The van der Waals surface area contributed by atoms with E-state index in [1.54, 1.807) is 0 Å². The number of carbonyl (C=O) groups is 3. The van der Waals surface area contributed by atoms with Crippen LogP contribution in [0.4, 0.5) is 26.3 Å². The Hall–Kier alpha value is -2.05. The number of alkyl halides is 6. The van der Waals surface area contributed by atoms with Crippen LogP contribution in [0.15, 0.2) is 0 Å². The predicted molar refractivity (Wildman–Crippen MR) is 52.4 cm³/mol. The topological polar surface area (TPSA) is 84.9 Å². The van der Waals surface area contributed by atoms with Crippen LogP contribution in [-0.4, -0.2) is 54.1 Å². The van der Waals surface area contributed by atoms with Crippen LogP contribution in [0.3, 0.4) is 0 Å². The van der Waals surface area contributed by atoms with Crippen molar-refractivity contribution in [3.05, 3.63) is 0 Å². The summed E-state index contributed by atoms with van der Waals surface area (Å²) in [6, 6.07) is 0. The average molecular weight is 338 g/mol. The van der Waals surface area contributed by atoms with E-state index in [0.29, 0.717) is 6.92 Å². The molecule has 126 valence electrons. The zero-order valence-electron chi connectivity index (χ0n) is 10.7. The van der Waals surface area contributed by atoms with Gasteiger partial charge in [0.25, 0.3) is 0 Å². The van der Waals surface area contributed by atoms with Gasteiger partial charge in [0.1, 0.15) is 0 Å². The summed E-state index contributed by atoms with van der Waals surface area (Å²) in [6.07, 6.45) is -10.8. The molecule has 1 atom stereocenters. The van der Waals surface area contributed by atoms with Crippen molar-refractivity contribution in [2.75, 3.05) is 13.1 Å². The molecule has 0 aromatic heterocycles. The zero-order chi connectivity index (χ0) is 17.3. The van der Waals surface area contributed by atoms with Gasteiger partial charge in [0.05, 0.1) is 6.54 Å². The molecule has 1 heterocycles. The highest BCUT2D eigenvalue weighted by Gasteiger charge is 2.52. The average Bonchev–Trinajstić information content (AvgIpc) is 2.32. The molecule has 1 amide bonds. The summed E-state index contributed by atoms with van der Waals surface area (Å²) in [7, 11) is 0. The smallest absolute Gasteiger partial charge is 0.428 e. The van der Waals surface area contributed by atoms with E-state index in [1.807, 2.05) is 0 Å². The molecule has 0 aromatic rings. The quantitative estimate of drug-likeness (QED) is 0.574. The van der Waals surface area contributed by atoms with Crippen LogP contribution in [0.1, 0.15) is 6.92 Å². The Labute approximate surface area is 118 Å². The third-order valence-corrected chi connectivity index (χ3v) is 2.36. The van der Waals surface area contributed by atoms with Crippen molar-refractivity contribution in [1.82, 2.24) is 10.4 Å². The maximum Gasteiger partial charge on any atom is 0.493 e. The number of hydrogen-bond acceptors (Lipinski definition) is 6. The van der Waals surface area contributed by atoms with Crippen molar-refractivity contribution in [3.8, 4) is 0 Å². The van der Waals surface area contributed by atoms with Gasteiger partial charge in [0, 0.05) is 6.54 Å². The maximum absolute atomic E-state index is 12.1. The number of nitrogens with one attached hydrogen (secondary N) is 1. The van der Waals surface area contributed by atoms with Gasteiger partial charge in [0.2, 0.25) is 5.72 Å². The van der Waals surface area contributed by atoms with Crippen LogP contribution in [0.2, 0.25) is 0 Å². The number of hydrogen-bond donors (Lipinski definition) is 1. The minimum Gasteiger partial charge on any atom is -0.428 e. The van der Waals surface area contributed by atoms with Gasteiger partial charge >= 0.3 is 30.2 Å². The predicted octanol–water partition coefficient (Wildman–Crippen LogP) is 0.260. The summed E-state index contributed by atoms with van der Waals surface area (Å²) in [5, 5.41) is 1.95. The number of carbonyl (C=O) groups excluding carboxylic acids is 3. The number of ether oxygens (including phenoxy) is 1. The minimum absolute atomic E-state index is 0.129. The van der Waals surface area contributed by atoms with E-state index >= 15 is 0 Å². The molecule has 0 bridgehead atoms. The molecule has 0 radical (unpaired) electrons. The molecular weight excluding hydrogens is 330 g/mol.